The van der Waals surface area contributed by atoms with Crippen LogP contribution in [-0.2, 0) is 29.0 Å². The van der Waals surface area contributed by atoms with Gasteiger partial charge in [0.1, 0.15) is 4.75 Å². The Bertz CT molecular complexity index is 1480. The van der Waals surface area contributed by atoms with Crippen molar-refractivity contribution >= 4 is 41.0 Å². The summed E-state index contributed by atoms with van der Waals surface area (Å²) in [5, 5.41) is 18.5. The van der Waals surface area contributed by atoms with Crippen LogP contribution in [0.5, 0.6) is 0 Å². The standard InChI is InChI=1S/C27H29N5O2S2.C2HF3O2/c1-4-19-14-29-25(30-15-19)32(13-11-23-18-35-26(31-23)36-27(2,3)24(33)34)17-20-7-9-21(10-8-20)22-6-5-12-28-16-22;3-2(4,5)1(6)7/h5-10,12,14-16,18H,4,11,13,17H2,1-3H3,(H,33,34);(H,6,7). The van der Waals surface area contributed by atoms with Gasteiger partial charge in [0.25, 0.3) is 0 Å². The molecule has 3 heterocycles. The van der Waals surface area contributed by atoms with E-state index in [2.05, 4.69) is 62.1 Å². The van der Waals surface area contributed by atoms with Gasteiger partial charge >= 0.3 is 18.1 Å². The van der Waals surface area contributed by atoms with E-state index < -0.39 is 22.9 Å². The molecule has 0 aliphatic rings. The van der Waals surface area contributed by atoms with Crippen molar-refractivity contribution in [2.45, 2.75) is 55.4 Å². The molecule has 43 heavy (non-hydrogen) atoms. The van der Waals surface area contributed by atoms with Gasteiger partial charge < -0.3 is 15.1 Å². The largest absolute Gasteiger partial charge is 0.490 e. The van der Waals surface area contributed by atoms with Crippen molar-refractivity contribution < 1.29 is 33.0 Å². The summed E-state index contributed by atoms with van der Waals surface area (Å²) in [6, 6.07) is 12.5. The fourth-order valence-electron chi connectivity index (χ4n) is 3.46. The lowest BCUT2D eigenvalue weighted by Crippen LogP contribution is -2.27. The molecule has 14 heteroatoms. The molecule has 0 atom stereocenters. The molecule has 4 aromatic rings. The number of benzene rings is 1. The number of carbonyl (C=O) groups is 2. The van der Waals surface area contributed by atoms with Crippen molar-refractivity contribution in [2.75, 3.05) is 11.4 Å². The number of aryl methyl sites for hydroxylation is 1. The molecule has 1 aromatic carbocycles. The maximum Gasteiger partial charge on any atom is 0.490 e. The molecule has 0 spiro atoms. The fraction of sp³-hybridized carbons (Fsp3) is 0.310. The number of hydrogen-bond donors (Lipinski definition) is 2. The maximum atomic E-state index is 11.5. The quantitative estimate of drug-likeness (QED) is 0.179. The minimum atomic E-state index is -5.08. The molecule has 0 saturated carbocycles. The van der Waals surface area contributed by atoms with Crippen molar-refractivity contribution in [1.29, 1.82) is 0 Å². The van der Waals surface area contributed by atoms with Crippen LogP contribution in [0.15, 0.2) is 70.9 Å². The predicted molar refractivity (Wildman–Crippen MR) is 159 cm³/mol. The molecular formula is C29H30F3N5O4S2. The van der Waals surface area contributed by atoms with Crippen LogP contribution in [0.2, 0.25) is 0 Å². The second-order valence-electron chi connectivity index (χ2n) is 9.68. The van der Waals surface area contributed by atoms with E-state index in [-0.39, 0.29) is 0 Å². The molecule has 9 nitrogen and oxygen atoms in total. The molecule has 0 amide bonds. The first-order valence-corrected chi connectivity index (χ1v) is 14.7. The normalized spacial score (nSPS) is 11.4. The molecule has 3 aromatic heterocycles. The van der Waals surface area contributed by atoms with E-state index >= 15 is 0 Å². The maximum absolute atomic E-state index is 11.5. The highest BCUT2D eigenvalue weighted by molar-refractivity contribution is 8.03. The predicted octanol–water partition coefficient (Wildman–Crippen LogP) is 6.40. The van der Waals surface area contributed by atoms with Gasteiger partial charge in [-0.25, -0.2) is 19.7 Å². The smallest absolute Gasteiger partial charge is 0.480 e. The van der Waals surface area contributed by atoms with Crippen molar-refractivity contribution in [1.82, 2.24) is 19.9 Å². The minimum Gasteiger partial charge on any atom is -0.480 e. The van der Waals surface area contributed by atoms with Crippen LogP contribution in [0, 0.1) is 0 Å². The SMILES string of the molecule is CCc1cnc(N(CCc2csc(SC(C)(C)C(=O)O)n2)Cc2ccc(-c3cccnc3)cc2)nc1.O=C(O)C(F)(F)F. The van der Waals surface area contributed by atoms with E-state index in [4.69, 9.17) is 9.90 Å². The molecular weight excluding hydrogens is 603 g/mol. The van der Waals surface area contributed by atoms with E-state index in [1.165, 1.54) is 23.1 Å². The first-order chi connectivity index (χ1) is 20.3. The zero-order valence-corrected chi connectivity index (χ0v) is 25.2. The summed E-state index contributed by atoms with van der Waals surface area (Å²) in [5.74, 6) is -2.93. The van der Waals surface area contributed by atoms with Crippen molar-refractivity contribution in [2.24, 2.45) is 0 Å². The Balaban J connectivity index is 0.000000646. The summed E-state index contributed by atoms with van der Waals surface area (Å²) < 4.78 is 31.6. The molecule has 0 radical (unpaired) electrons. The Hall–Kier alpha value is -4.04. The number of thiazole rings is 1. The third-order valence-corrected chi connectivity index (χ3v) is 8.15. The fourth-order valence-corrected chi connectivity index (χ4v) is 5.69. The van der Waals surface area contributed by atoms with Crippen molar-refractivity contribution in [3.63, 3.8) is 0 Å². The number of halogens is 3. The zero-order valence-electron chi connectivity index (χ0n) is 23.6. The molecule has 0 aliphatic heterocycles. The van der Waals surface area contributed by atoms with Gasteiger partial charge in [-0.15, -0.1) is 11.3 Å². The van der Waals surface area contributed by atoms with Crippen LogP contribution in [0.25, 0.3) is 11.1 Å². The van der Waals surface area contributed by atoms with E-state index in [9.17, 15) is 23.1 Å². The molecule has 228 valence electrons. The van der Waals surface area contributed by atoms with Gasteiger partial charge in [-0.3, -0.25) is 9.78 Å². The first-order valence-electron chi connectivity index (χ1n) is 13.0. The number of nitrogens with zero attached hydrogens (tertiary/aromatic N) is 5. The number of pyridine rings is 1. The summed E-state index contributed by atoms with van der Waals surface area (Å²) in [7, 11) is 0. The summed E-state index contributed by atoms with van der Waals surface area (Å²) in [4.78, 5) is 40.6. The highest BCUT2D eigenvalue weighted by Crippen LogP contribution is 2.34. The van der Waals surface area contributed by atoms with Crippen LogP contribution in [0.4, 0.5) is 19.1 Å². The molecule has 2 N–H and O–H groups in total. The zero-order chi connectivity index (χ0) is 31.6. The number of rotatable bonds is 11. The average Bonchev–Trinajstić information content (AvgIpc) is 3.42. The van der Waals surface area contributed by atoms with Gasteiger partial charge in [0.15, 0.2) is 4.34 Å². The van der Waals surface area contributed by atoms with E-state index in [0.29, 0.717) is 25.5 Å². The molecule has 0 fully saturated rings. The number of anilines is 1. The van der Waals surface area contributed by atoms with Gasteiger partial charge in [0.2, 0.25) is 5.95 Å². The first kappa shape index (κ1) is 33.5. The number of thioether (sulfide) groups is 1. The Morgan fingerprint density at radius 1 is 0.953 bits per heavy atom. The average molecular weight is 634 g/mol. The molecule has 0 bridgehead atoms. The molecule has 0 aliphatic carbocycles. The molecule has 0 saturated heterocycles. The van der Waals surface area contributed by atoms with Crippen molar-refractivity contribution in [3.8, 4) is 11.1 Å². The highest BCUT2D eigenvalue weighted by Gasteiger charge is 2.38. The van der Waals surface area contributed by atoms with Gasteiger partial charge in [0.05, 0.1) is 5.69 Å². The minimum absolute atomic E-state index is 0.663. The van der Waals surface area contributed by atoms with E-state index in [1.807, 2.05) is 30.0 Å². The van der Waals surface area contributed by atoms with Crippen LogP contribution >= 0.6 is 23.1 Å². The van der Waals surface area contributed by atoms with Gasteiger partial charge in [-0.2, -0.15) is 13.2 Å². The molecule has 0 unspecified atom stereocenters. The number of carboxylic acids is 2. The lowest BCUT2D eigenvalue weighted by Gasteiger charge is -2.22. The van der Waals surface area contributed by atoms with Crippen LogP contribution in [0.3, 0.4) is 0 Å². The Morgan fingerprint density at radius 2 is 1.60 bits per heavy atom. The monoisotopic (exact) mass is 633 g/mol. The summed E-state index contributed by atoms with van der Waals surface area (Å²) in [5.41, 5.74) is 5.40. The Kier molecular flexibility index (Phi) is 11.6. The van der Waals surface area contributed by atoms with Crippen LogP contribution in [-0.4, -0.2) is 59.6 Å². The second kappa shape index (κ2) is 14.9. The third-order valence-electron chi connectivity index (χ3n) is 5.97. The number of carboxylic acid groups (broad SMARTS) is 2. The highest BCUT2D eigenvalue weighted by atomic mass is 32.2. The van der Waals surface area contributed by atoms with Crippen LogP contribution < -0.4 is 4.90 Å². The third kappa shape index (κ3) is 10.3. The van der Waals surface area contributed by atoms with E-state index in [1.54, 1.807) is 20.0 Å². The molecule has 4 rings (SSSR count). The summed E-state index contributed by atoms with van der Waals surface area (Å²) >= 11 is 2.76. The van der Waals surface area contributed by atoms with Gasteiger partial charge in [-0.05, 0) is 48.6 Å². The summed E-state index contributed by atoms with van der Waals surface area (Å²) in [6.07, 6.45) is 3.91. The van der Waals surface area contributed by atoms with Gasteiger partial charge in [-0.1, -0.05) is 49.0 Å². The lowest BCUT2D eigenvalue weighted by molar-refractivity contribution is -0.192. The second-order valence-corrected chi connectivity index (χ2v) is 12.4. The number of hydrogen-bond acceptors (Lipinski definition) is 9. The number of aliphatic carboxylic acids is 2. The topological polar surface area (TPSA) is 129 Å². The lowest BCUT2D eigenvalue weighted by atomic mass is 10.1. The van der Waals surface area contributed by atoms with Crippen molar-refractivity contribution in [3.05, 3.63) is 83.4 Å². The Morgan fingerprint density at radius 3 is 2.14 bits per heavy atom. The van der Waals surface area contributed by atoms with E-state index in [0.717, 1.165) is 38.7 Å². The van der Waals surface area contributed by atoms with Gasteiger partial charge in [0, 0.05) is 49.7 Å². The Labute approximate surface area is 254 Å². The number of alkyl halides is 3. The number of aromatic nitrogens is 4. The summed E-state index contributed by atoms with van der Waals surface area (Å²) in [6.45, 7) is 6.82. The van der Waals surface area contributed by atoms with Crippen LogP contribution in [0.1, 0.15) is 37.6 Å².